The molecular weight excluding hydrogens is 406 g/mol. The molecule has 0 unspecified atom stereocenters. The summed E-state index contributed by atoms with van der Waals surface area (Å²) in [5.74, 6) is -0.225. The van der Waals surface area contributed by atoms with Crippen molar-refractivity contribution in [3.05, 3.63) is 66.2 Å². The third-order valence-electron chi connectivity index (χ3n) is 5.44. The molecule has 2 atom stereocenters. The summed E-state index contributed by atoms with van der Waals surface area (Å²) in [6, 6.07) is 10.8. The van der Waals surface area contributed by atoms with E-state index in [-0.39, 0.29) is 16.9 Å². The molecular formula is C22H25NO6S. The topological polar surface area (TPSA) is 93.1 Å². The zero-order valence-electron chi connectivity index (χ0n) is 17.4. The SMILES string of the molecule is C=C[C@@]1(C)C[C@](O)(c2cc(OC)cc(OC)c2)C(=O)N1S(=O)(=O)c1ccc(C)cc1. The van der Waals surface area contributed by atoms with Crippen LogP contribution in [0.25, 0.3) is 0 Å². The summed E-state index contributed by atoms with van der Waals surface area (Å²) in [6.45, 7) is 7.12. The standard InChI is InChI=1S/C22H25NO6S/c1-6-21(3)14-22(25,16-11-17(28-4)13-18(12-16)29-5)20(24)23(21)30(26,27)19-9-7-15(2)8-10-19/h6-13,25H,1,14H2,2-5H3/t21-,22-/m0/s1. The number of carbonyl (C=O) groups is 1. The van der Waals surface area contributed by atoms with E-state index in [1.807, 2.05) is 6.92 Å². The molecule has 0 saturated carbocycles. The van der Waals surface area contributed by atoms with E-state index in [9.17, 15) is 18.3 Å². The second kappa shape index (κ2) is 7.45. The number of hydrogen-bond acceptors (Lipinski definition) is 6. The number of sulfonamides is 1. The first kappa shape index (κ1) is 21.9. The minimum Gasteiger partial charge on any atom is -0.497 e. The number of carbonyl (C=O) groups excluding carboxylic acids is 1. The Morgan fingerprint density at radius 3 is 2.10 bits per heavy atom. The Morgan fingerprint density at radius 2 is 1.63 bits per heavy atom. The predicted octanol–water partition coefficient (Wildman–Crippen LogP) is 2.77. The number of aliphatic hydroxyl groups is 1. The molecule has 2 aromatic rings. The average molecular weight is 432 g/mol. The average Bonchev–Trinajstić information content (AvgIpc) is 2.95. The van der Waals surface area contributed by atoms with Gasteiger partial charge in [0.05, 0.1) is 24.7 Å². The van der Waals surface area contributed by atoms with Crippen LogP contribution in [0.2, 0.25) is 0 Å². The van der Waals surface area contributed by atoms with Gasteiger partial charge in [-0.2, -0.15) is 0 Å². The second-order valence-electron chi connectivity index (χ2n) is 7.59. The molecule has 7 nitrogen and oxygen atoms in total. The zero-order chi connectivity index (χ0) is 22.3. The molecule has 30 heavy (non-hydrogen) atoms. The lowest BCUT2D eigenvalue weighted by Crippen LogP contribution is -2.47. The van der Waals surface area contributed by atoms with E-state index in [2.05, 4.69) is 6.58 Å². The van der Waals surface area contributed by atoms with Gasteiger partial charge in [-0.25, -0.2) is 12.7 Å². The number of hydrogen-bond donors (Lipinski definition) is 1. The normalized spacial score (nSPS) is 24.0. The van der Waals surface area contributed by atoms with Crippen LogP contribution in [0.5, 0.6) is 11.5 Å². The predicted molar refractivity (Wildman–Crippen MR) is 112 cm³/mol. The second-order valence-corrected chi connectivity index (χ2v) is 9.37. The molecule has 1 N–H and O–H groups in total. The van der Waals surface area contributed by atoms with Gasteiger partial charge in [0.2, 0.25) is 0 Å². The molecule has 160 valence electrons. The Labute approximate surface area is 176 Å². The largest absolute Gasteiger partial charge is 0.497 e. The van der Waals surface area contributed by atoms with Crippen molar-refractivity contribution >= 4 is 15.9 Å². The molecule has 0 spiro atoms. The summed E-state index contributed by atoms with van der Waals surface area (Å²) < 4.78 is 38.0. The van der Waals surface area contributed by atoms with Crippen molar-refractivity contribution in [2.24, 2.45) is 0 Å². The minimum absolute atomic E-state index is 0.0398. The van der Waals surface area contributed by atoms with E-state index in [0.717, 1.165) is 9.87 Å². The van der Waals surface area contributed by atoms with E-state index in [4.69, 9.17) is 9.47 Å². The lowest BCUT2D eigenvalue weighted by molar-refractivity contribution is -0.140. The van der Waals surface area contributed by atoms with E-state index in [1.54, 1.807) is 25.1 Å². The van der Waals surface area contributed by atoms with Crippen molar-refractivity contribution in [3.63, 3.8) is 0 Å². The Kier molecular flexibility index (Phi) is 5.43. The summed E-state index contributed by atoms with van der Waals surface area (Å²) in [7, 11) is -1.35. The molecule has 1 aliphatic heterocycles. The first-order valence-electron chi connectivity index (χ1n) is 9.28. The van der Waals surface area contributed by atoms with Crippen LogP contribution in [0.1, 0.15) is 24.5 Å². The lowest BCUT2D eigenvalue weighted by Gasteiger charge is -2.30. The molecule has 0 aliphatic carbocycles. The van der Waals surface area contributed by atoms with E-state index < -0.39 is 27.1 Å². The Bertz CT molecular complexity index is 1070. The molecule has 0 bridgehead atoms. The van der Waals surface area contributed by atoms with Gasteiger partial charge in [-0.15, -0.1) is 6.58 Å². The summed E-state index contributed by atoms with van der Waals surface area (Å²) in [5.41, 5.74) is -2.39. The number of nitrogens with zero attached hydrogens (tertiary/aromatic N) is 1. The number of amides is 1. The van der Waals surface area contributed by atoms with Gasteiger partial charge >= 0.3 is 0 Å². The minimum atomic E-state index is -4.24. The fourth-order valence-corrected chi connectivity index (χ4v) is 5.44. The highest BCUT2D eigenvalue weighted by Crippen LogP contribution is 2.47. The number of ether oxygens (including phenoxy) is 2. The third-order valence-corrected chi connectivity index (χ3v) is 7.38. The first-order chi connectivity index (χ1) is 14.0. The Morgan fingerprint density at radius 1 is 1.10 bits per heavy atom. The molecule has 1 aliphatic rings. The maximum absolute atomic E-state index is 13.5. The van der Waals surface area contributed by atoms with E-state index in [0.29, 0.717) is 11.5 Å². The van der Waals surface area contributed by atoms with Gasteiger partial charge in [0.15, 0.2) is 5.60 Å². The van der Waals surface area contributed by atoms with Gasteiger partial charge in [-0.05, 0) is 38.1 Å². The molecule has 2 aromatic carbocycles. The number of aryl methyl sites for hydroxylation is 1. The molecule has 1 fully saturated rings. The summed E-state index contributed by atoms with van der Waals surface area (Å²) in [5, 5.41) is 11.4. The maximum Gasteiger partial charge on any atom is 0.273 e. The molecule has 1 saturated heterocycles. The van der Waals surface area contributed by atoms with Crippen LogP contribution in [0.3, 0.4) is 0 Å². The highest BCUT2D eigenvalue weighted by molar-refractivity contribution is 7.89. The Hall–Kier alpha value is -2.84. The Balaban J connectivity index is 2.17. The van der Waals surface area contributed by atoms with Gasteiger partial charge in [0, 0.05) is 18.1 Å². The number of methoxy groups -OCH3 is 2. The lowest BCUT2D eigenvalue weighted by atomic mass is 9.85. The van der Waals surface area contributed by atoms with Gasteiger partial charge in [0.1, 0.15) is 11.5 Å². The highest BCUT2D eigenvalue weighted by Gasteiger charge is 2.61. The molecule has 3 rings (SSSR count). The highest BCUT2D eigenvalue weighted by atomic mass is 32.2. The monoisotopic (exact) mass is 431 g/mol. The van der Waals surface area contributed by atoms with Crippen molar-refractivity contribution < 1.29 is 27.8 Å². The number of benzene rings is 2. The van der Waals surface area contributed by atoms with Crippen LogP contribution in [-0.2, 0) is 20.4 Å². The smallest absolute Gasteiger partial charge is 0.273 e. The fourth-order valence-electron chi connectivity index (χ4n) is 3.69. The van der Waals surface area contributed by atoms with Gasteiger partial charge in [-0.3, -0.25) is 4.79 Å². The fraction of sp³-hybridized carbons (Fsp3) is 0.318. The summed E-state index contributed by atoms with van der Waals surface area (Å²) >= 11 is 0. The van der Waals surface area contributed by atoms with Crippen LogP contribution in [0, 0.1) is 6.92 Å². The van der Waals surface area contributed by atoms with Gasteiger partial charge in [-0.1, -0.05) is 23.8 Å². The summed E-state index contributed by atoms with van der Waals surface area (Å²) in [6.07, 6.45) is 1.16. The molecule has 1 amide bonds. The van der Waals surface area contributed by atoms with Crippen LogP contribution < -0.4 is 9.47 Å². The van der Waals surface area contributed by atoms with Crippen molar-refractivity contribution in [3.8, 4) is 11.5 Å². The zero-order valence-corrected chi connectivity index (χ0v) is 18.2. The van der Waals surface area contributed by atoms with Crippen molar-refractivity contribution in [2.45, 2.75) is 36.3 Å². The van der Waals surface area contributed by atoms with Crippen LogP contribution in [0.15, 0.2) is 60.0 Å². The maximum atomic E-state index is 13.5. The van der Waals surface area contributed by atoms with Crippen molar-refractivity contribution in [1.29, 1.82) is 0 Å². The number of rotatable bonds is 6. The van der Waals surface area contributed by atoms with Crippen LogP contribution >= 0.6 is 0 Å². The molecule has 0 aromatic heterocycles. The van der Waals surface area contributed by atoms with Crippen LogP contribution in [0.4, 0.5) is 0 Å². The van der Waals surface area contributed by atoms with Crippen LogP contribution in [-0.4, -0.2) is 43.5 Å². The van der Waals surface area contributed by atoms with Crippen molar-refractivity contribution in [2.75, 3.05) is 14.2 Å². The molecule has 1 heterocycles. The molecule has 8 heteroatoms. The third kappa shape index (κ3) is 3.36. The van der Waals surface area contributed by atoms with Gasteiger partial charge < -0.3 is 14.6 Å². The summed E-state index contributed by atoms with van der Waals surface area (Å²) in [4.78, 5) is 13.4. The van der Waals surface area contributed by atoms with Crippen molar-refractivity contribution in [1.82, 2.24) is 4.31 Å². The van der Waals surface area contributed by atoms with Gasteiger partial charge in [0.25, 0.3) is 15.9 Å². The van der Waals surface area contributed by atoms with E-state index in [1.165, 1.54) is 44.6 Å². The quantitative estimate of drug-likeness (QED) is 0.707. The molecule has 0 radical (unpaired) electrons. The van der Waals surface area contributed by atoms with E-state index >= 15 is 0 Å². The first-order valence-corrected chi connectivity index (χ1v) is 10.7.